The quantitative estimate of drug-likeness (QED) is 0.427. The predicted molar refractivity (Wildman–Crippen MR) is 132 cm³/mol. The summed E-state index contributed by atoms with van der Waals surface area (Å²) >= 11 is 0. The molecule has 1 aliphatic rings. The number of aromatic nitrogens is 3. The van der Waals surface area contributed by atoms with Gasteiger partial charge in [0.15, 0.2) is 0 Å². The lowest BCUT2D eigenvalue weighted by molar-refractivity contribution is -0.141. The number of rotatable bonds is 6. The van der Waals surface area contributed by atoms with Gasteiger partial charge in [0.2, 0.25) is 0 Å². The van der Waals surface area contributed by atoms with Gasteiger partial charge in [0.05, 0.1) is 17.4 Å². The third-order valence-corrected chi connectivity index (χ3v) is 6.35. The van der Waals surface area contributed by atoms with E-state index in [1.54, 1.807) is 18.3 Å². The SMILES string of the molecule is O=C(Nc1ccc(C(F)(F)F)nc1)c1ccccc1N1CCN(CCn2ccc3cccnc32)CC1. The van der Waals surface area contributed by atoms with E-state index in [1.807, 2.05) is 18.2 Å². The van der Waals surface area contributed by atoms with E-state index in [0.717, 1.165) is 68.3 Å². The number of benzene rings is 1. The number of nitrogens with one attached hydrogen (secondary N) is 1. The molecule has 0 bridgehead atoms. The van der Waals surface area contributed by atoms with Crippen LogP contribution in [-0.4, -0.2) is 58.1 Å². The number of pyridine rings is 2. The maximum atomic E-state index is 13.0. The molecule has 1 amide bonds. The van der Waals surface area contributed by atoms with Gasteiger partial charge in [-0.15, -0.1) is 0 Å². The van der Waals surface area contributed by atoms with Gasteiger partial charge in [-0.2, -0.15) is 13.2 Å². The van der Waals surface area contributed by atoms with Crippen LogP contribution >= 0.6 is 0 Å². The Morgan fingerprint density at radius 3 is 2.47 bits per heavy atom. The lowest BCUT2D eigenvalue weighted by Gasteiger charge is -2.36. The molecule has 186 valence electrons. The molecule has 1 fully saturated rings. The Morgan fingerprint density at radius 2 is 1.72 bits per heavy atom. The Balaban J connectivity index is 1.20. The average molecular weight is 495 g/mol. The molecule has 10 heteroatoms. The second-order valence-electron chi connectivity index (χ2n) is 8.66. The number of nitrogens with zero attached hydrogens (tertiary/aromatic N) is 5. The van der Waals surface area contributed by atoms with Crippen LogP contribution in [0, 0.1) is 0 Å². The molecule has 4 heterocycles. The molecule has 1 aromatic carbocycles. The molecule has 0 spiro atoms. The molecule has 0 aliphatic carbocycles. The average Bonchev–Trinajstić information content (AvgIpc) is 3.31. The Morgan fingerprint density at radius 1 is 0.917 bits per heavy atom. The molecule has 36 heavy (non-hydrogen) atoms. The Labute approximate surface area is 206 Å². The number of fused-ring (bicyclic) bond motifs is 1. The zero-order valence-corrected chi connectivity index (χ0v) is 19.4. The molecule has 4 aromatic rings. The molecule has 0 atom stereocenters. The lowest BCUT2D eigenvalue weighted by atomic mass is 10.1. The van der Waals surface area contributed by atoms with Crippen molar-refractivity contribution in [3.05, 3.63) is 84.4 Å². The van der Waals surface area contributed by atoms with E-state index in [0.29, 0.717) is 5.56 Å². The van der Waals surface area contributed by atoms with Crippen molar-refractivity contribution in [1.82, 2.24) is 19.4 Å². The van der Waals surface area contributed by atoms with Gasteiger partial charge in [-0.1, -0.05) is 12.1 Å². The van der Waals surface area contributed by atoms with E-state index >= 15 is 0 Å². The summed E-state index contributed by atoms with van der Waals surface area (Å²) in [6.45, 7) is 4.97. The molecule has 3 aromatic heterocycles. The second-order valence-corrected chi connectivity index (χ2v) is 8.66. The van der Waals surface area contributed by atoms with Crippen molar-refractivity contribution in [3.63, 3.8) is 0 Å². The topological polar surface area (TPSA) is 66.3 Å². The first-order valence-corrected chi connectivity index (χ1v) is 11.7. The van der Waals surface area contributed by atoms with E-state index < -0.39 is 11.9 Å². The summed E-state index contributed by atoms with van der Waals surface area (Å²) in [5.74, 6) is -0.387. The van der Waals surface area contributed by atoms with Gasteiger partial charge in [0.25, 0.3) is 5.91 Å². The van der Waals surface area contributed by atoms with E-state index in [9.17, 15) is 18.0 Å². The molecule has 1 N–H and O–H groups in total. The van der Waals surface area contributed by atoms with Crippen LogP contribution in [0.5, 0.6) is 0 Å². The summed E-state index contributed by atoms with van der Waals surface area (Å²) in [5.41, 5.74) is 1.46. The summed E-state index contributed by atoms with van der Waals surface area (Å²) in [6, 6.07) is 15.4. The van der Waals surface area contributed by atoms with Crippen molar-refractivity contribution >= 4 is 28.3 Å². The number of amides is 1. The standard InChI is InChI=1S/C26H25F3N6O/c27-26(28,29)23-8-7-20(18-31-23)32-25(36)21-5-1-2-6-22(21)34-15-12-33(13-16-34)14-17-35-11-9-19-4-3-10-30-24(19)35/h1-11,18H,12-17H2,(H,32,36). The van der Waals surface area contributed by atoms with Gasteiger partial charge in [-0.25, -0.2) is 9.97 Å². The minimum absolute atomic E-state index is 0.208. The third-order valence-electron chi connectivity index (χ3n) is 6.35. The Bertz CT molecular complexity index is 1340. The van der Waals surface area contributed by atoms with Crippen molar-refractivity contribution in [1.29, 1.82) is 0 Å². The van der Waals surface area contributed by atoms with E-state index in [-0.39, 0.29) is 11.6 Å². The fraction of sp³-hybridized carbons (Fsp3) is 0.269. The van der Waals surface area contributed by atoms with Crippen molar-refractivity contribution in [3.8, 4) is 0 Å². The first kappa shape index (κ1) is 23.8. The predicted octanol–water partition coefficient (Wildman–Crippen LogP) is 4.52. The highest BCUT2D eigenvalue weighted by molar-refractivity contribution is 6.08. The Kier molecular flexibility index (Phi) is 6.60. The van der Waals surface area contributed by atoms with E-state index in [1.165, 1.54) is 6.07 Å². The van der Waals surface area contributed by atoms with Crippen molar-refractivity contribution < 1.29 is 18.0 Å². The van der Waals surface area contributed by atoms with Crippen LogP contribution < -0.4 is 10.2 Å². The number of anilines is 2. The maximum absolute atomic E-state index is 13.0. The van der Waals surface area contributed by atoms with Crippen LogP contribution in [0.2, 0.25) is 0 Å². The fourth-order valence-electron chi connectivity index (χ4n) is 4.44. The minimum atomic E-state index is -4.52. The van der Waals surface area contributed by atoms with E-state index in [4.69, 9.17) is 0 Å². The number of halogens is 3. The van der Waals surface area contributed by atoms with Gasteiger partial charge >= 0.3 is 6.18 Å². The molecule has 0 radical (unpaired) electrons. The molecule has 1 aliphatic heterocycles. The third kappa shape index (κ3) is 5.18. The monoisotopic (exact) mass is 494 g/mol. The van der Waals surface area contributed by atoms with Gasteiger partial charge in [-0.05, 0) is 42.5 Å². The molecular weight excluding hydrogens is 469 g/mol. The minimum Gasteiger partial charge on any atom is -0.368 e. The molecule has 0 unspecified atom stereocenters. The number of carbonyl (C=O) groups excluding carboxylic acids is 1. The first-order valence-electron chi connectivity index (χ1n) is 11.7. The largest absolute Gasteiger partial charge is 0.433 e. The highest BCUT2D eigenvalue weighted by Crippen LogP contribution is 2.28. The van der Waals surface area contributed by atoms with Crippen molar-refractivity contribution in [2.24, 2.45) is 0 Å². The normalized spacial score (nSPS) is 14.8. The summed E-state index contributed by atoms with van der Waals surface area (Å²) in [5, 5.41) is 3.79. The zero-order valence-electron chi connectivity index (χ0n) is 19.4. The highest BCUT2D eigenvalue weighted by atomic mass is 19.4. The summed E-state index contributed by atoms with van der Waals surface area (Å²) in [7, 11) is 0. The fourth-order valence-corrected chi connectivity index (χ4v) is 4.44. The number of hydrogen-bond acceptors (Lipinski definition) is 5. The number of hydrogen-bond donors (Lipinski definition) is 1. The van der Waals surface area contributed by atoms with Crippen LogP contribution in [0.1, 0.15) is 16.1 Å². The molecular formula is C26H25F3N6O. The van der Waals surface area contributed by atoms with Crippen LogP contribution in [0.3, 0.4) is 0 Å². The van der Waals surface area contributed by atoms with Gasteiger partial charge in [0, 0.05) is 62.7 Å². The first-order chi connectivity index (χ1) is 17.4. The number of carbonyl (C=O) groups is 1. The molecule has 7 nitrogen and oxygen atoms in total. The van der Waals surface area contributed by atoms with Gasteiger partial charge in [-0.3, -0.25) is 9.69 Å². The number of alkyl halides is 3. The summed E-state index contributed by atoms with van der Waals surface area (Å²) in [4.78, 5) is 25.4. The van der Waals surface area contributed by atoms with Gasteiger partial charge in [0.1, 0.15) is 11.3 Å². The second kappa shape index (κ2) is 9.98. The van der Waals surface area contributed by atoms with Gasteiger partial charge < -0.3 is 14.8 Å². The van der Waals surface area contributed by atoms with Crippen LogP contribution in [0.25, 0.3) is 11.0 Å². The highest BCUT2D eigenvalue weighted by Gasteiger charge is 2.32. The number of para-hydroxylation sites is 1. The molecule has 1 saturated heterocycles. The smallest absolute Gasteiger partial charge is 0.368 e. The van der Waals surface area contributed by atoms with Crippen LogP contribution in [0.4, 0.5) is 24.5 Å². The van der Waals surface area contributed by atoms with Crippen molar-refractivity contribution in [2.45, 2.75) is 12.7 Å². The summed E-state index contributed by atoms with van der Waals surface area (Å²) in [6.07, 6.45) is 0.365. The molecule has 5 rings (SSSR count). The Hall–Kier alpha value is -3.92. The zero-order chi connectivity index (χ0) is 25.1. The number of piperazine rings is 1. The van der Waals surface area contributed by atoms with Crippen LogP contribution in [-0.2, 0) is 12.7 Å². The van der Waals surface area contributed by atoms with E-state index in [2.05, 4.69) is 48.0 Å². The molecule has 0 saturated carbocycles. The summed E-state index contributed by atoms with van der Waals surface area (Å²) < 4.78 is 40.4. The lowest BCUT2D eigenvalue weighted by Crippen LogP contribution is -2.47. The van der Waals surface area contributed by atoms with Crippen LogP contribution in [0.15, 0.2) is 73.2 Å². The maximum Gasteiger partial charge on any atom is 0.433 e. The van der Waals surface area contributed by atoms with Crippen molar-refractivity contribution in [2.75, 3.05) is 42.9 Å².